The van der Waals surface area contributed by atoms with E-state index in [4.69, 9.17) is 0 Å². The minimum absolute atomic E-state index is 0.965. The van der Waals surface area contributed by atoms with Gasteiger partial charge in [-0.05, 0) is 50.3 Å². The maximum absolute atomic E-state index is 4.35. The third-order valence-electron chi connectivity index (χ3n) is 2.96. The van der Waals surface area contributed by atoms with Crippen molar-refractivity contribution in [3.63, 3.8) is 0 Å². The Morgan fingerprint density at radius 2 is 1.38 bits per heavy atom. The Bertz CT molecular complexity index is 632. The Morgan fingerprint density at radius 3 is 2.05 bits per heavy atom. The van der Waals surface area contributed by atoms with Crippen molar-refractivity contribution in [2.75, 3.05) is 5.32 Å². The van der Waals surface area contributed by atoms with Gasteiger partial charge in [0.1, 0.15) is 0 Å². The minimum Gasteiger partial charge on any atom is -0.362 e. The predicted octanol–water partition coefficient (Wildman–Crippen LogP) is 5.19. The first-order valence-corrected chi connectivity index (χ1v) is 7.00. The number of benzene rings is 2. The van der Waals surface area contributed by atoms with E-state index in [1.807, 2.05) is 36.6 Å². The second-order valence-corrected chi connectivity index (χ2v) is 4.87. The van der Waals surface area contributed by atoms with Crippen LogP contribution in [0.15, 0.2) is 78.0 Å². The molecule has 0 amide bonds. The molecule has 0 aliphatic rings. The smallest absolute Gasteiger partial charge is 0.0629 e. The molecule has 0 fully saturated rings. The number of hydrogen-bond donors (Lipinski definition) is 1. The Kier molecular flexibility index (Phi) is 5.53. The van der Waals surface area contributed by atoms with Crippen LogP contribution in [0.4, 0.5) is 11.4 Å². The Labute approximate surface area is 126 Å². The van der Waals surface area contributed by atoms with Gasteiger partial charge in [0.25, 0.3) is 0 Å². The molecule has 0 aliphatic carbocycles. The molecule has 0 aromatic heterocycles. The summed E-state index contributed by atoms with van der Waals surface area (Å²) in [7, 11) is 0. The van der Waals surface area contributed by atoms with Crippen LogP contribution < -0.4 is 5.32 Å². The zero-order valence-electron chi connectivity index (χ0n) is 12.5. The first-order valence-electron chi connectivity index (χ1n) is 7.00. The fraction of sp³-hybridized carbons (Fsp3) is 0.105. The van der Waals surface area contributed by atoms with Gasteiger partial charge in [0, 0.05) is 18.1 Å². The van der Waals surface area contributed by atoms with Crippen LogP contribution in [0.3, 0.4) is 0 Å². The highest BCUT2D eigenvalue weighted by Crippen LogP contribution is 2.11. The van der Waals surface area contributed by atoms with Gasteiger partial charge in [-0.1, -0.05) is 41.5 Å². The number of rotatable bonds is 5. The van der Waals surface area contributed by atoms with Crippen LogP contribution in [0.5, 0.6) is 0 Å². The van der Waals surface area contributed by atoms with E-state index in [0.717, 1.165) is 11.4 Å². The van der Waals surface area contributed by atoms with Gasteiger partial charge in [-0.2, -0.15) is 0 Å². The molecular weight excluding hydrogens is 256 g/mol. The van der Waals surface area contributed by atoms with Crippen molar-refractivity contribution in [1.82, 2.24) is 0 Å². The first-order chi connectivity index (χ1) is 10.2. The number of aryl methyl sites for hydroxylation is 2. The summed E-state index contributed by atoms with van der Waals surface area (Å²) in [5.74, 6) is 0. The maximum atomic E-state index is 4.35. The molecule has 2 rings (SSSR count). The van der Waals surface area contributed by atoms with E-state index in [9.17, 15) is 0 Å². The molecule has 21 heavy (non-hydrogen) atoms. The topological polar surface area (TPSA) is 24.4 Å². The lowest BCUT2D eigenvalue weighted by Crippen LogP contribution is -1.85. The second kappa shape index (κ2) is 7.85. The van der Waals surface area contributed by atoms with Gasteiger partial charge >= 0.3 is 0 Å². The molecule has 0 bridgehead atoms. The van der Waals surface area contributed by atoms with Crippen molar-refractivity contribution in [2.24, 2.45) is 4.99 Å². The van der Waals surface area contributed by atoms with Crippen LogP contribution in [-0.2, 0) is 0 Å². The molecule has 0 unspecified atom stereocenters. The summed E-state index contributed by atoms with van der Waals surface area (Å²) >= 11 is 0. The molecule has 0 atom stereocenters. The SMILES string of the molecule is Cc1ccc(N=C/C=C/C=C/Nc2ccc(C)cc2)cc1. The van der Waals surface area contributed by atoms with E-state index in [1.165, 1.54) is 11.1 Å². The molecule has 2 aromatic rings. The lowest BCUT2D eigenvalue weighted by molar-refractivity contribution is 1.44. The highest BCUT2D eigenvalue weighted by molar-refractivity contribution is 5.74. The number of allylic oxidation sites excluding steroid dienone is 3. The van der Waals surface area contributed by atoms with E-state index in [1.54, 1.807) is 6.21 Å². The van der Waals surface area contributed by atoms with Gasteiger partial charge in [-0.15, -0.1) is 0 Å². The monoisotopic (exact) mass is 276 g/mol. The van der Waals surface area contributed by atoms with Gasteiger partial charge in [-0.3, -0.25) is 4.99 Å². The van der Waals surface area contributed by atoms with Crippen LogP contribution in [0, 0.1) is 13.8 Å². The molecule has 0 saturated carbocycles. The standard InChI is InChI=1S/C19H20N2/c1-16-6-10-18(11-7-16)20-14-4-3-5-15-21-19-12-8-17(2)9-13-19/h3-15,20H,1-2H3/b5-3+,14-4+,21-15?. The number of aliphatic imine (C=N–C) groups is 1. The van der Waals surface area contributed by atoms with Gasteiger partial charge in [-0.25, -0.2) is 0 Å². The fourth-order valence-corrected chi connectivity index (χ4v) is 1.72. The van der Waals surface area contributed by atoms with Crippen molar-refractivity contribution in [3.05, 3.63) is 84.1 Å². The molecule has 1 N–H and O–H groups in total. The highest BCUT2D eigenvalue weighted by Gasteiger charge is 1.86. The van der Waals surface area contributed by atoms with E-state index in [2.05, 4.69) is 60.6 Å². The van der Waals surface area contributed by atoms with E-state index >= 15 is 0 Å². The fourth-order valence-electron chi connectivity index (χ4n) is 1.72. The molecule has 0 aliphatic heterocycles. The zero-order valence-corrected chi connectivity index (χ0v) is 12.5. The number of hydrogen-bond acceptors (Lipinski definition) is 2. The number of anilines is 1. The number of nitrogens with one attached hydrogen (secondary N) is 1. The molecule has 2 aromatic carbocycles. The van der Waals surface area contributed by atoms with E-state index < -0.39 is 0 Å². The van der Waals surface area contributed by atoms with Crippen LogP contribution >= 0.6 is 0 Å². The molecule has 0 radical (unpaired) electrons. The summed E-state index contributed by atoms with van der Waals surface area (Å²) in [4.78, 5) is 4.35. The predicted molar refractivity (Wildman–Crippen MR) is 92.4 cm³/mol. The third-order valence-corrected chi connectivity index (χ3v) is 2.96. The molecule has 2 heteroatoms. The first kappa shape index (κ1) is 14.8. The van der Waals surface area contributed by atoms with Gasteiger partial charge < -0.3 is 5.32 Å². The van der Waals surface area contributed by atoms with Gasteiger partial charge in [0.05, 0.1) is 5.69 Å². The molecule has 106 valence electrons. The van der Waals surface area contributed by atoms with E-state index in [-0.39, 0.29) is 0 Å². The molecule has 0 saturated heterocycles. The quantitative estimate of drug-likeness (QED) is 0.590. The van der Waals surface area contributed by atoms with Crippen molar-refractivity contribution in [2.45, 2.75) is 13.8 Å². The Balaban J connectivity index is 1.78. The van der Waals surface area contributed by atoms with Crippen LogP contribution in [0.1, 0.15) is 11.1 Å². The lowest BCUT2D eigenvalue weighted by atomic mass is 10.2. The maximum Gasteiger partial charge on any atom is 0.0629 e. The van der Waals surface area contributed by atoms with Crippen LogP contribution in [0.25, 0.3) is 0 Å². The highest BCUT2D eigenvalue weighted by atomic mass is 14.8. The van der Waals surface area contributed by atoms with Crippen LogP contribution in [-0.4, -0.2) is 6.21 Å². The van der Waals surface area contributed by atoms with Gasteiger partial charge in [0.15, 0.2) is 0 Å². The van der Waals surface area contributed by atoms with Crippen molar-refractivity contribution >= 4 is 17.6 Å². The summed E-state index contributed by atoms with van der Waals surface area (Å²) in [5, 5.41) is 3.21. The average Bonchev–Trinajstić information content (AvgIpc) is 2.50. The lowest BCUT2D eigenvalue weighted by Gasteiger charge is -1.99. The van der Waals surface area contributed by atoms with Crippen molar-refractivity contribution in [3.8, 4) is 0 Å². The summed E-state index contributed by atoms with van der Waals surface area (Å²) in [6.45, 7) is 4.15. The van der Waals surface area contributed by atoms with E-state index in [0.29, 0.717) is 0 Å². The summed E-state index contributed by atoms with van der Waals surface area (Å²) in [6, 6.07) is 16.4. The Hall–Kier alpha value is -2.61. The van der Waals surface area contributed by atoms with Crippen molar-refractivity contribution in [1.29, 1.82) is 0 Å². The summed E-state index contributed by atoms with van der Waals surface area (Å²) < 4.78 is 0. The summed E-state index contributed by atoms with van der Waals surface area (Å²) in [6.07, 6.45) is 9.49. The average molecular weight is 276 g/mol. The normalized spacial score (nSPS) is 11.7. The Morgan fingerprint density at radius 1 is 0.762 bits per heavy atom. The summed E-state index contributed by atoms with van der Waals surface area (Å²) in [5.41, 5.74) is 4.55. The number of nitrogens with zero attached hydrogens (tertiary/aromatic N) is 1. The molecule has 0 heterocycles. The minimum atomic E-state index is 0.965. The largest absolute Gasteiger partial charge is 0.362 e. The third kappa shape index (κ3) is 5.49. The van der Waals surface area contributed by atoms with Crippen molar-refractivity contribution < 1.29 is 0 Å². The van der Waals surface area contributed by atoms with Crippen LogP contribution in [0.2, 0.25) is 0 Å². The zero-order chi connectivity index (χ0) is 14.9. The molecule has 0 spiro atoms. The molecule has 2 nitrogen and oxygen atoms in total. The molecular formula is C19H20N2. The van der Waals surface area contributed by atoms with Gasteiger partial charge in [0.2, 0.25) is 0 Å². The second-order valence-electron chi connectivity index (χ2n) is 4.87.